The van der Waals surface area contributed by atoms with Gasteiger partial charge in [-0.1, -0.05) is 33.9 Å². The minimum Gasteiger partial charge on any atom is -0.463 e. The highest BCUT2D eigenvalue weighted by Gasteiger charge is 2.40. The fourth-order valence-electron chi connectivity index (χ4n) is 2.60. The van der Waals surface area contributed by atoms with E-state index in [9.17, 15) is 9.59 Å². The second kappa shape index (κ2) is 13.3. The number of nitrogens with zero attached hydrogens (tertiary/aromatic N) is 1. The van der Waals surface area contributed by atoms with Crippen molar-refractivity contribution in [2.45, 2.75) is 51.0 Å². The lowest BCUT2D eigenvalue weighted by Gasteiger charge is -2.31. The number of esters is 2. The molecule has 168 valence electrons. The molecule has 7 nitrogen and oxygen atoms in total. The highest BCUT2D eigenvalue weighted by Crippen LogP contribution is 2.39. The Kier molecular flexibility index (Phi) is 12.8. The number of ether oxygens (including phenoxy) is 4. The van der Waals surface area contributed by atoms with Crippen molar-refractivity contribution in [1.29, 1.82) is 0 Å². The number of carbonyl (C=O) groups is 2. The molecule has 0 aromatic rings. The number of methoxy groups -OCH3 is 1. The van der Waals surface area contributed by atoms with Crippen LogP contribution in [0.4, 0.5) is 0 Å². The summed E-state index contributed by atoms with van der Waals surface area (Å²) in [4.78, 5) is 25.3. The van der Waals surface area contributed by atoms with Crippen molar-refractivity contribution < 1.29 is 33.0 Å². The predicted molar refractivity (Wildman–Crippen MR) is 120 cm³/mol. The van der Waals surface area contributed by atoms with Crippen LogP contribution in [0.25, 0.3) is 0 Å². The van der Waals surface area contributed by atoms with Gasteiger partial charge in [0.05, 0.1) is 41.0 Å². The van der Waals surface area contributed by atoms with E-state index in [0.717, 1.165) is 11.0 Å². The molecule has 0 spiro atoms. The lowest BCUT2D eigenvalue weighted by atomic mass is 9.39. The molecule has 0 amide bonds. The molecule has 9 heteroatoms. The third kappa shape index (κ3) is 11.1. The Balaban J connectivity index is 4.65. The minimum atomic E-state index is -0.633. The zero-order valence-corrected chi connectivity index (χ0v) is 20.0. The summed E-state index contributed by atoms with van der Waals surface area (Å²) in [6.07, 6.45) is 1.24. The second-order valence-electron chi connectivity index (χ2n) is 9.22. The van der Waals surface area contributed by atoms with E-state index in [0.29, 0.717) is 53.7 Å². The molecule has 0 heterocycles. The normalized spacial score (nSPS) is 15.7. The van der Waals surface area contributed by atoms with Crippen molar-refractivity contribution in [1.82, 2.24) is 0 Å². The number of hydrogen-bond acceptors (Lipinski definition) is 6. The second-order valence-corrected chi connectivity index (χ2v) is 9.22. The monoisotopic (exact) mass is 414 g/mol. The van der Waals surface area contributed by atoms with E-state index >= 15 is 0 Å². The number of quaternary nitrogens is 1. The summed E-state index contributed by atoms with van der Waals surface area (Å²) < 4.78 is 21.9. The molecule has 0 aliphatic heterocycles. The average Bonchev–Trinajstić information content (AvgIpc) is 2.67. The quantitative estimate of drug-likeness (QED) is 0.165. The smallest absolute Gasteiger partial charge is 0.304 e. The van der Waals surface area contributed by atoms with Crippen LogP contribution >= 0.6 is 0 Å². The summed E-state index contributed by atoms with van der Waals surface area (Å²) in [5.41, 5.74) is 0. The molecular weight excluding hydrogens is 372 g/mol. The van der Waals surface area contributed by atoms with Gasteiger partial charge in [0.2, 0.25) is 0 Å². The van der Waals surface area contributed by atoms with Crippen molar-refractivity contribution in [3.8, 4) is 0 Å². The highest BCUT2D eigenvalue weighted by molar-refractivity contribution is 6.53. The standard InChI is InChI=1S/C20H42B2NO6/c1-9-19(2,17(24)28-11-10-23(5,6)7)22-16-20(3,21-4)18(25)29-15-14-27-13-12-26-8/h21-22H,9-16H2,1-8H3/q+1. The van der Waals surface area contributed by atoms with Gasteiger partial charge in [-0.25, -0.2) is 0 Å². The maximum atomic E-state index is 12.7. The highest BCUT2D eigenvalue weighted by atomic mass is 16.6. The maximum Gasteiger partial charge on any atom is 0.304 e. The van der Waals surface area contributed by atoms with Gasteiger partial charge in [0, 0.05) is 17.7 Å². The summed E-state index contributed by atoms with van der Waals surface area (Å²) >= 11 is 0. The van der Waals surface area contributed by atoms with E-state index in [1.807, 2.05) is 27.6 Å². The molecule has 0 bridgehead atoms. The molecule has 2 unspecified atom stereocenters. The molecule has 2 atom stereocenters. The van der Waals surface area contributed by atoms with Gasteiger partial charge >= 0.3 is 11.9 Å². The lowest BCUT2D eigenvalue weighted by molar-refractivity contribution is -0.870. The Morgan fingerprint density at radius 1 is 0.897 bits per heavy atom. The van der Waals surface area contributed by atoms with E-state index in [2.05, 4.69) is 21.1 Å². The van der Waals surface area contributed by atoms with Crippen LogP contribution in [-0.4, -0.2) is 98.8 Å². The van der Waals surface area contributed by atoms with E-state index in [1.165, 1.54) is 0 Å². The number of hydrogen-bond donors (Lipinski definition) is 0. The Morgan fingerprint density at radius 2 is 1.45 bits per heavy atom. The number of likely N-dealkylation sites (N-methyl/N-ethyl adjacent to an activating group) is 1. The molecule has 0 aliphatic rings. The predicted octanol–water partition coefficient (Wildman–Crippen LogP) is 1.55. The van der Waals surface area contributed by atoms with Crippen LogP contribution in [0.3, 0.4) is 0 Å². The summed E-state index contributed by atoms with van der Waals surface area (Å²) in [7, 11) is 9.03. The summed E-state index contributed by atoms with van der Waals surface area (Å²) in [6, 6.07) is 0. The SMILES string of the molecule is CBC(C)(CBC(C)(CC)C(=O)OCC[N+](C)(C)C)C(=O)OCCOCCOC. The largest absolute Gasteiger partial charge is 0.463 e. The Hall–Kier alpha value is -1.05. The minimum absolute atomic E-state index is 0.188. The van der Waals surface area contributed by atoms with Crippen molar-refractivity contribution in [2.24, 2.45) is 0 Å². The number of carbonyl (C=O) groups excluding carboxylic acids is 2. The molecule has 0 saturated heterocycles. The summed E-state index contributed by atoms with van der Waals surface area (Å²) in [5.74, 6) is -0.431. The van der Waals surface area contributed by atoms with Crippen molar-refractivity contribution in [3.63, 3.8) is 0 Å². The molecule has 0 fully saturated rings. The van der Waals surface area contributed by atoms with E-state index in [4.69, 9.17) is 18.9 Å². The van der Waals surface area contributed by atoms with Crippen molar-refractivity contribution in [3.05, 3.63) is 0 Å². The van der Waals surface area contributed by atoms with Crippen LogP contribution in [0.15, 0.2) is 0 Å². The van der Waals surface area contributed by atoms with Gasteiger partial charge in [-0.2, -0.15) is 0 Å². The molecule has 0 aromatic carbocycles. The van der Waals surface area contributed by atoms with Crippen LogP contribution in [-0.2, 0) is 28.5 Å². The van der Waals surface area contributed by atoms with Gasteiger partial charge < -0.3 is 23.4 Å². The Morgan fingerprint density at radius 3 is 1.97 bits per heavy atom. The molecule has 0 aliphatic carbocycles. The molecule has 0 saturated carbocycles. The molecule has 0 N–H and O–H groups in total. The summed E-state index contributed by atoms with van der Waals surface area (Å²) in [6.45, 7) is 10.5. The van der Waals surface area contributed by atoms with E-state index in [1.54, 1.807) is 7.11 Å². The van der Waals surface area contributed by atoms with E-state index in [-0.39, 0.29) is 18.5 Å². The first kappa shape index (κ1) is 27.9. The van der Waals surface area contributed by atoms with Crippen LogP contribution < -0.4 is 0 Å². The van der Waals surface area contributed by atoms with Gasteiger partial charge in [0.15, 0.2) is 0 Å². The molecule has 0 radical (unpaired) electrons. The lowest BCUT2D eigenvalue weighted by Crippen LogP contribution is -2.39. The zero-order valence-electron chi connectivity index (χ0n) is 20.0. The van der Waals surface area contributed by atoms with Crippen LogP contribution in [0, 0.1) is 0 Å². The van der Waals surface area contributed by atoms with Gasteiger partial charge in [-0.3, -0.25) is 9.59 Å². The molecule has 0 aromatic heterocycles. The fourth-order valence-corrected chi connectivity index (χ4v) is 2.60. The van der Waals surface area contributed by atoms with Gasteiger partial charge in [0.25, 0.3) is 0 Å². The fraction of sp³-hybridized carbons (Fsp3) is 0.900. The van der Waals surface area contributed by atoms with Crippen molar-refractivity contribution in [2.75, 3.05) is 67.8 Å². The Bertz CT molecular complexity index is 500. The first-order chi connectivity index (χ1) is 13.4. The first-order valence-corrected chi connectivity index (χ1v) is 10.7. The Labute approximate surface area is 178 Å². The van der Waals surface area contributed by atoms with Gasteiger partial charge in [-0.05, 0) is 6.42 Å². The zero-order chi connectivity index (χ0) is 22.6. The molecule has 29 heavy (non-hydrogen) atoms. The topological polar surface area (TPSA) is 71.1 Å². The molecule has 0 rings (SSSR count). The van der Waals surface area contributed by atoms with Crippen LogP contribution in [0.1, 0.15) is 27.2 Å². The third-order valence-corrected chi connectivity index (χ3v) is 5.66. The average molecular weight is 414 g/mol. The van der Waals surface area contributed by atoms with Crippen molar-refractivity contribution >= 4 is 26.5 Å². The van der Waals surface area contributed by atoms with Crippen LogP contribution in [0.5, 0.6) is 0 Å². The maximum absolute atomic E-state index is 12.7. The van der Waals surface area contributed by atoms with Gasteiger partial charge in [-0.15, -0.1) is 0 Å². The third-order valence-electron chi connectivity index (χ3n) is 5.66. The first-order valence-electron chi connectivity index (χ1n) is 10.7. The van der Waals surface area contributed by atoms with E-state index < -0.39 is 10.6 Å². The number of rotatable bonds is 16. The van der Waals surface area contributed by atoms with Crippen LogP contribution in [0.2, 0.25) is 23.8 Å². The summed E-state index contributed by atoms with van der Waals surface area (Å²) in [5, 5.41) is -1.24. The molecular formula is C20H42B2NO6+. The van der Waals surface area contributed by atoms with Gasteiger partial charge in [0.1, 0.15) is 34.3 Å².